The Bertz CT molecular complexity index is 380. The molecule has 4 nitrogen and oxygen atoms in total. The van der Waals surface area contributed by atoms with Gasteiger partial charge in [-0.3, -0.25) is 4.79 Å². The molecule has 2 aliphatic rings. The summed E-state index contributed by atoms with van der Waals surface area (Å²) in [5.74, 6) is 0.0323. The van der Waals surface area contributed by atoms with Gasteiger partial charge in [-0.25, -0.2) is 0 Å². The molecule has 0 aromatic heterocycles. The average molecular weight is 312 g/mol. The molecule has 0 spiro atoms. The van der Waals surface area contributed by atoms with Crippen LogP contribution in [0.1, 0.15) is 70.6 Å². The smallest absolute Gasteiger partial charge is 0.223 e. The van der Waals surface area contributed by atoms with Crippen LogP contribution in [0.25, 0.3) is 0 Å². The van der Waals surface area contributed by atoms with Gasteiger partial charge in [0.15, 0.2) is 0 Å². The van der Waals surface area contributed by atoms with Gasteiger partial charge in [0.1, 0.15) is 0 Å². The maximum Gasteiger partial charge on any atom is 0.223 e. The summed E-state index contributed by atoms with van der Waals surface area (Å²) in [5.41, 5.74) is 5.27. The van der Waals surface area contributed by atoms with E-state index in [4.69, 9.17) is 22.7 Å². The minimum atomic E-state index is -0.481. The molecule has 0 unspecified atom stereocenters. The molecule has 0 saturated heterocycles. The first-order valence-corrected chi connectivity index (χ1v) is 8.59. The van der Waals surface area contributed by atoms with Crippen molar-refractivity contribution in [3.05, 3.63) is 0 Å². The van der Waals surface area contributed by atoms with Crippen LogP contribution in [-0.4, -0.2) is 29.1 Å². The lowest BCUT2D eigenvalue weighted by Crippen LogP contribution is -2.58. The third kappa shape index (κ3) is 3.95. The van der Waals surface area contributed by atoms with Crippen LogP contribution < -0.4 is 11.1 Å². The van der Waals surface area contributed by atoms with Gasteiger partial charge in [-0.1, -0.05) is 44.3 Å². The van der Waals surface area contributed by atoms with E-state index in [1.165, 1.54) is 19.3 Å². The van der Waals surface area contributed by atoms with Crippen molar-refractivity contribution in [1.82, 2.24) is 5.32 Å². The van der Waals surface area contributed by atoms with Gasteiger partial charge in [0.05, 0.1) is 22.5 Å². The van der Waals surface area contributed by atoms with Crippen molar-refractivity contribution in [2.75, 3.05) is 7.11 Å². The highest BCUT2D eigenvalue weighted by Gasteiger charge is 2.41. The minimum Gasteiger partial charge on any atom is -0.391 e. The van der Waals surface area contributed by atoms with E-state index in [1.807, 2.05) is 0 Å². The maximum atomic E-state index is 12.5. The molecule has 2 rings (SSSR count). The van der Waals surface area contributed by atoms with Gasteiger partial charge >= 0.3 is 0 Å². The third-order valence-corrected chi connectivity index (χ3v) is 5.63. The van der Waals surface area contributed by atoms with Crippen LogP contribution in [0.3, 0.4) is 0 Å². The summed E-state index contributed by atoms with van der Waals surface area (Å²) in [5, 5.41) is 3.17. The van der Waals surface area contributed by atoms with Crippen LogP contribution >= 0.6 is 12.2 Å². The predicted octanol–water partition coefficient (Wildman–Crippen LogP) is 2.83. The molecule has 2 aliphatic carbocycles. The van der Waals surface area contributed by atoms with Gasteiger partial charge in [-0.15, -0.1) is 0 Å². The molecule has 5 heteroatoms. The first-order chi connectivity index (χ1) is 10.0. The van der Waals surface area contributed by atoms with E-state index >= 15 is 0 Å². The zero-order valence-corrected chi connectivity index (χ0v) is 13.9. The summed E-state index contributed by atoms with van der Waals surface area (Å²) >= 11 is 5.29. The Hall–Kier alpha value is -0.680. The van der Waals surface area contributed by atoms with Crippen molar-refractivity contribution in [1.29, 1.82) is 0 Å². The SMILES string of the molecule is COC1(CC(=O)NC2(C(N)=S)CCCCCCC2)CCC1. The van der Waals surface area contributed by atoms with Gasteiger partial charge in [0, 0.05) is 7.11 Å². The van der Waals surface area contributed by atoms with E-state index in [2.05, 4.69) is 5.32 Å². The van der Waals surface area contributed by atoms with Crippen LogP contribution in [0.2, 0.25) is 0 Å². The van der Waals surface area contributed by atoms with Crippen LogP contribution in [0.5, 0.6) is 0 Å². The molecule has 2 fully saturated rings. The molecule has 120 valence electrons. The number of hydrogen-bond donors (Lipinski definition) is 2. The number of hydrogen-bond acceptors (Lipinski definition) is 3. The van der Waals surface area contributed by atoms with Gasteiger partial charge in [-0.05, 0) is 32.1 Å². The fourth-order valence-corrected chi connectivity index (χ4v) is 3.82. The fraction of sp³-hybridized carbons (Fsp3) is 0.875. The van der Waals surface area contributed by atoms with E-state index in [9.17, 15) is 4.79 Å². The molecule has 0 aromatic carbocycles. The highest BCUT2D eigenvalue weighted by atomic mass is 32.1. The zero-order valence-electron chi connectivity index (χ0n) is 13.1. The highest BCUT2D eigenvalue weighted by Crippen LogP contribution is 2.38. The lowest BCUT2D eigenvalue weighted by Gasteiger charge is -2.42. The van der Waals surface area contributed by atoms with Crippen molar-refractivity contribution in [3.8, 4) is 0 Å². The molecule has 0 radical (unpaired) electrons. The number of nitrogens with two attached hydrogens (primary N) is 1. The van der Waals surface area contributed by atoms with E-state index in [-0.39, 0.29) is 11.5 Å². The van der Waals surface area contributed by atoms with Crippen LogP contribution in [-0.2, 0) is 9.53 Å². The van der Waals surface area contributed by atoms with Crippen LogP contribution in [0.4, 0.5) is 0 Å². The monoisotopic (exact) mass is 312 g/mol. The van der Waals surface area contributed by atoms with E-state index in [0.29, 0.717) is 11.4 Å². The Morgan fingerprint density at radius 1 is 1.10 bits per heavy atom. The lowest BCUT2D eigenvalue weighted by atomic mass is 9.76. The summed E-state index contributed by atoms with van der Waals surface area (Å²) < 4.78 is 5.55. The normalized spacial score (nSPS) is 24.2. The average Bonchev–Trinajstić information content (AvgIpc) is 2.37. The van der Waals surface area contributed by atoms with Crippen molar-refractivity contribution < 1.29 is 9.53 Å². The molecular formula is C16H28N2O2S. The zero-order chi connectivity index (χ0) is 15.3. The van der Waals surface area contributed by atoms with Gasteiger partial charge < -0.3 is 15.8 Å². The number of methoxy groups -OCH3 is 1. The summed E-state index contributed by atoms with van der Waals surface area (Å²) in [6.07, 6.45) is 11.1. The summed E-state index contributed by atoms with van der Waals surface area (Å²) in [4.78, 5) is 12.9. The molecule has 0 bridgehead atoms. The Labute approximate surface area is 133 Å². The Balaban J connectivity index is 2.00. The molecule has 2 saturated carbocycles. The Morgan fingerprint density at radius 2 is 1.67 bits per heavy atom. The molecule has 0 atom stereocenters. The number of rotatable bonds is 5. The third-order valence-electron chi connectivity index (χ3n) is 5.24. The molecule has 1 amide bonds. The van der Waals surface area contributed by atoms with E-state index in [1.54, 1.807) is 7.11 Å². The van der Waals surface area contributed by atoms with E-state index < -0.39 is 5.54 Å². The predicted molar refractivity (Wildman–Crippen MR) is 88.2 cm³/mol. The molecular weight excluding hydrogens is 284 g/mol. The van der Waals surface area contributed by atoms with Gasteiger partial charge in [-0.2, -0.15) is 0 Å². The summed E-state index contributed by atoms with van der Waals surface area (Å²) in [6.45, 7) is 0. The second kappa shape index (κ2) is 7.05. The number of nitrogens with one attached hydrogen (secondary N) is 1. The standard InChI is InChI=1S/C16H28N2O2S/c1-20-15(8-7-9-15)12-13(19)18-16(14(17)21)10-5-3-2-4-6-11-16/h2-12H2,1H3,(H2,17,21)(H,18,19). The Morgan fingerprint density at radius 3 is 2.10 bits per heavy atom. The van der Waals surface area contributed by atoms with Crippen molar-refractivity contribution in [2.24, 2.45) is 5.73 Å². The maximum absolute atomic E-state index is 12.5. The molecule has 0 aromatic rings. The fourth-order valence-electron chi connectivity index (χ4n) is 3.57. The number of ether oxygens (including phenoxy) is 1. The van der Waals surface area contributed by atoms with Crippen molar-refractivity contribution in [2.45, 2.75) is 81.8 Å². The van der Waals surface area contributed by atoms with Crippen LogP contribution in [0.15, 0.2) is 0 Å². The number of carbonyl (C=O) groups is 1. The second-order valence-electron chi connectivity index (χ2n) is 6.68. The first-order valence-electron chi connectivity index (χ1n) is 8.18. The number of thiocarbonyl (C=S) groups is 1. The minimum absolute atomic E-state index is 0.0323. The van der Waals surface area contributed by atoms with Crippen LogP contribution in [0, 0.1) is 0 Å². The quantitative estimate of drug-likeness (QED) is 0.766. The van der Waals surface area contributed by atoms with Crippen molar-refractivity contribution in [3.63, 3.8) is 0 Å². The molecule has 0 aliphatic heterocycles. The highest BCUT2D eigenvalue weighted by molar-refractivity contribution is 7.80. The number of amides is 1. The molecule has 3 N–H and O–H groups in total. The largest absolute Gasteiger partial charge is 0.391 e. The topological polar surface area (TPSA) is 64.3 Å². The summed E-state index contributed by atoms with van der Waals surface area (Å²) in [7, 11) is 1.70. The van der Waals surface area contributed by atoms with Crippen molar-refractivity contribution >= 4 is 23.1 Å². The van der Waals surface area contributed by atoms with Gasteiger partial charge in [0.2, 0.25) is 5.91 Å². The number of carbonyl (C=O) groups excluding carboxylic acids is 1. The Kier molecular flexibility index (Phi) is 5.60. The lowest BCUT2D eigenvalue weighted by molar-refractivity contribution is -0.135. The summed E-state index contributed by atoms with van der Waals surface area (Å²) in [6, 6.07) is 0. The molecule has 21 heavy (non-hydrogen) atoms. The van der Waals surface area contributed by atoms with Gasteiger partial charge in [0.25, 0.3) is 0 Å². The second-order valence-corrected chi connectivity index (χ2v) is 7.12. The first kappa shape index (κ1) is 16.7. The van der Waals surface area contributed by atoms with E-state index in [0.717, 1.165) is 44.9 Å². The molecule has 0 heterocycles.